The maximum atomic E-state index is 14.7. The summed E-state index contributed by atoms with van der Waals surface area (Å²) in [6.07, 6.45) is 11.5. The zero-order valence-electron chi connectivity index (χ0n) is 44.3. The standard InChI is InChI=1S/C56H68FN11O8S2/c1-36(2)44-7-5-6-8-45(44)50-35-65(34-38-9-11-39(12-10-38)63-77(4,58)73)23-24-67(50)41-28-56(29-41)19-21-66(22-20-56)40-13-14-46(51(25-40)76-42-26-47-48(57)33-62-52(47)60-31-42)54(69)64-78(74,75)43-27-49(68(71)72)53(61-32-43)59-30-37-15-17-55(3,70)18-16-37/h5-14,25-27,31-33,36-37,41,50,70H,15-24,28-30,34-35H2,1-4H3,(H,59,61)(H,60,62)(H,64,69)(H2,58,63,73)/t37?,50-,55?,77?/m0/s1. The molecule has 0 radical (unpaired) electrons. The van der Waals surface area contributed by atoms with Crippen molar-refractivity contribution in [3.63, 3.8) is 0 Å². The molecular formula is C56H68FN11O8S2. The van der Waals surface area contributed by atoms with Crippen LogP contribution >= 0.6 is 0 Å². The lowest BCUT2D eigenvalue weighted by atomic mass is 9.59. The van der Waals surface area contributed by atoms with Crippen molar-refractivity contribution in [3.8, 4) is 11.5 Å². The number of nitro groups is 1. The van der Waals surface area contributed by atoms with Gasteiger partial charge in [0.2, 0.25) is 5.82 Å². The van der Waals surface area contributed by atoms with Gasteiger partial charge in [0.1, 0.15) is 37.8 Å². The van der Waals surface area contributed by atoms with Crippen LogP contribution < -0.4 is 24.4 Å². The Bertz CT molecular complexity index is 3420. The van der Waals surface area contributed by atoms with Crippen LogP contribution in [0.2, 0.25) is 0 Å². The number of aromatic amines is 1. The van der Waals surface area contributed by atoms with E-state index >= 15 is 0 Å². The van der Waals surface area contributed by atoms with Crippen LogP contribution in [0, 0.1) is 32.0 Å². The molecule has 3 aromatic carbocycles. The maximum absolute atomic E-state index is 14.7. The number of aliphatic hydroxyl groups is 1. The van der Waals surface area contributed by atoms with E-state index < -0.39 is 52.8 Å². The van der Waals surface area contributed by atoms with Crippen molar-refractivity contribution < 1.29 is 36.6 Å². The number of amides is 1. The number of nitrogens with zero attached hydrogens (tertiary/aromatic N) is 6. The highest BCUT2D eigenvalue weighted by molar-refractivity contribution is 7.93. The molecule has 78 heavy (non-hydrogen) atoms. The number of nitrogens with one attached hydrogen (secondary N) is 5. The first-order valence-corrected chi connectivity index (χ1v) is 30.1. The first kappa shape index (κ1) is 54.6. The number of aromatic nitrogens is 3. The Morgan fingerprint density at radius 2 is 1.71 bits per heavy atom. The predicted octanol–water partition coefficient (Wildman–Crippen LogP) is 9.70. The van der Waals surface area contributed by atoms with Gasteiger partial charge < -0.3 is 25.0 Å². The van der Waals surface area contributed by atoms with Gasteiger partial charge in [-0.15, -0.1) is 0 Å². The Balaban J connectivity index is 0.831. The number of piperazine rings is 1. The highest BCUT2D eigenvalue weighted by Crippen LogP contribution is 2.53. The first-order chi connectivity index (χ1) is 37.1. The summed E-state index contributed by atoms with van der Waals surface area (Å²) in [5, 5.41) is 25.7. The molecule has 10 rings (SSSR count). The molecular weight excluding hydrogens is 1040 g/mol. The molecule has 1 unspecified atom stereocenters. The first-order valence-electron chi connectivity index (χ1n) is 26.6. The number of fused-ring (bicyclic) bond motifs is 1. The number of piperidine rings is 1. The number of pyridine rings is 2. The summed E-state index contributed by atoms with van der Waals surface area (Å²) in [5.41, 5.74) is 4.25. The molecule has 4 fully saturated rings. The van der Waals surface area contributed by atoms with E-state index in [1.54, 1.807) is 19.1 Å². The summed E-state index contributed by atoms with van der Waals surface area (Å²) in [4.78, 5) is 43.6. The van der Waals surface area contributed by atoms with Crippen LogP contribution in [0.3, 0.4) is 0 Å². The fraction of sp³-hybridized carbons (Fsp3) is 0.446. The zero-order chi connectivity index (χ0) is 55.1. The number of anilines is 3. The third kappa shape index (κ3) is 12.3. The van der Waals surface area contributed by atoms with E-state index in [0.29, 0.717) is 49.9 Å². The van der Waals surface area contributed by atoms with Crippen molar-refractivity contribution in [2.75, 3.05) is 60.5 Å². The molecule has 2 saturated heterocycles. The lowest BCUT2D eigenvalue weighted by molar-refractivity contribution is -0.384. The summed E-state index contributed by atoms with van der Waals surface area (Å²) in [5.74, 6) is -1.14. The summed E-state index contributed by atoms with van der Waals surface area (Å²) in [6.45, 7) is 11.6. The Labute approximate surface area is 454 Å². The third-order valence-corrected chi connectivity index (χ3v) is 18.3. The third-order valence-electron chi connectivity index (χ3n) is 16.4. The molecule has 2 aliphatic heterocycles. The quantitative estimate of drug-likeness (QED) is 0.0367. The van der Waals surface area contributed by atoms with Crippen LogP contribution in [0.15, 0.2) is 102 Å². The van der Waals surface area contributed by atoms with Crippen molar-refractivity contribution in [2.45, 2.75) is 107 Å². The molecule has 2 saturated carbocycles. The second-order valence-electron chi connectivity index (χ2n) is 22.5. The number of carbonyl (C=O) groups is 1. The van der Waals surface area contributed by atoms with E-state index in [9.17, 15) is 37.0 Å². The number of carbonyl (C=O) groups excluding carboxylic acids is 1. The van der Waals surface area contributed by atoms with Crippen LogP contribution in [0.1, 0.15) is 111 Å². The van der Waals surface area contributed by atoms with Crippen molar-refractivity contribution in [1.82, 2.24) is 29.5 Å². The molecule has 0 bridgehead atoms. The van der Waals surface area contributed by atoms with Crippen LogP contribution in [0.5, 0.6) is 11.5 Å². The Morgan fingerprint density at radius 1 is 0.974 bits per heavy atom. The maximum Gasteiger partial charge on any atom is 0.312 e. The van der Waals surface area contributed by atoms with E-state index in [0.717, 1.165) is 88.5 Å². The number of sulfonamides is 1. The van der Waals surface area contributed by atoms with Crippen molar-refractivity contribution in [2.24, 2.45) is 11.3 Å². The smallest absolute Gasteiger partial charge is 0.312 e. The van der Waals surface area contributed by atoms with E-state index in [4.69, 9.17) is 9.52 Å². The monoisotopic (exact) mass is 1110 g/mol. The molecule has 1 amide bonds. The van der Waals surface area contributed by atoms with Gasteiger partial charge in [-0.25, -0.2) is 36.5 Å². The van der Waals surface area contributed by atoms with E-state index in [-0.39, 0.29) is 51.3 Å². The molecule has 6 N–H and O–H groups in total. The van der Waals surface area contributed by atoms with Gasteiger partial charge in [-0.1, -0.05) is 50.2 Å². The minimum atomic E-state index is -4.72. The fourth-order valence-electron chi connectivity index (χ4n) is 12.0. The summed E-state index contributed by atoms with van der Waals surface area (Å²) in [6, 6.07) is 24.5. The van der Waals surface area contributed by atoms with Gasteiger partial charge >= 0.3 is 5.69 Å². The average Bonchev–Trinajstić information content (AvgIpc) is 3.79. The minimum absolute atomic E-state index is 0.00750. The molecule has 19 nitrogen and oxygen atoms in total. The normalized spacial score (nSPS) is 22.0. The Kier molecular flexibility index (Phi) is 15.3. The van der Waals surface area contributed by atoms with Gasteiger partial charge in [0.25, 0.3) is 15.9 Å². The number of halogens is 1. The zero-order valence-corrected chi connectivity index (χ0v) is 46.0. The number of H-pyrrole nitrogens is 1. The number of hydrogen-bond acceptors (Lipinski definition) is 15. The molecule has 1 spiro atoms. The molecule has 414 valence electrons. The van der Waals surface area contributed by atoms with E-state index in [2.05, 4.69) is 82.5 Å². The van der Waals surface area contributed by atoms with Crippen LogP contribution in [-0.4, -0.2) is 110 Å². The van der Waals surface area contributed by atoms with Crippen LogP contribution in [0.25, 0.3) is 11.0 Å². The highest BCUT2D eigenvalue weighted by atomic mass is 32.2. The number of ether oxygens (including phenoxy) is 1. The average molecular weight is 1110 g/mol. The number of benzene rings is 3. The van der Waals surface area contributed by atoms with Crippen molar-refractivity contribution >= 4 is 59.8 Å². The lowest BCUT2D eigenvalue weighted by Crippen LogP contribution is -2.60. The second kappa shape index (κ2) is 21.8. The molecule has 4 aliphatic rings. The SMILES string of the molecule is CC(C)c1ccccc1[C@@H]1CN(Cc2ccc(NS(C)(=N)=O)cc2)CCN1C1CC2(CCN(c3ccc(C(=O)NS(=O)(=O)c4cnc(NCC5CCC(C)(O)CC5)c([N+](=O)[O-])c4)c(Oc4cnc5[nH]cc(F)c5c4)c3)CC2)C1. The molecule has 3 aromatic heterocycles. The lowest BCUT2D eigenvalue weighted by Gasteiger charge is -2.58. The Morgan fingerprint density at radius 3 is 2.41 bits per heavy atom. The minimum Gasteiger partial charge on any atom is -0.455 e. The molecule has 6 aromatic rings. The van der Waals surface area contributed by atoms with Gasteiger partial charge in [-0.05, 0) is 123 Å². The predicted molar refractivity (Wildman–Crippen MR) is 298 cm³/mol. The van der Waals surface area contributed by atoms with Crippen molar-refractivity contribution in [3.05, 3.63) is 136 Å². The summed E-state index contributed by atoms with van der Waals surface area (Å²) < 4.78 is 73.3. The van der Waals surface area contributed by atoms with E-state index in [1.165, 1.54) is 41.9 Å². The molecule has 5 heterocycles. The second-order valence-corrected chi connectivity index (χ2v) is 26.1. The number of rotatable bonds is 17. The molecule has 2 atom stereocenters. The highest BCUT2D eigenvalue weighted by Gasteiger charge is 2.50. The van der Waals surface area contributed by atoms with Gasteiger partial charge in [0, 0.05) is 93.9 Å². The van der Waals surface area contributed by atoms with Crippen molar-refractivity contribution in [1.29, 1.82) is 4.78 Å². The Hall–Kier alpha value is -6.72. The van der Waals surface area contributed by atoms with Gasteiger partial charge in [0.15, 0.2) is 0 Å². The largest absolute Gasteiger partial charge is 0.455 e. The van der Waals surface area contributed by atoms with E-state index in [1.807, 2.05) is 24.3 Å². The summed E-state index contributed by atoms with van der Waals surface area (Å²) >= 11 is 0. The fourth-order valence-corrected chi connectivity index (χ4v) is 13.5. The topological polar surface area (TPSA) is 252 Å². The van der Waals surface area contributed by atoms with Crippen LogP contribution in [0.4, 0.5) is 27.3 Å². The number of hydrogen-bond donors (Lipinski definition) is 6. The van der Waals surface area contributed by atoms with Gasteiger partial charge in [0.05, 0.1) is 33.9 Å². The van der Waals surface area contributed by atoms with Gasteiger partial charge in [-0.2, -0.15) is 0 Å². The van der Waals surface area contributed by atoms with Crippen LogP contribution in [-0.2, 0) is 26.5 Å². The molecule has 2 aliphatic carbocycles. The van der Waals surface area contributed by atoms with Gasteiger partial charge in [-0.3, -0.25) is 29.4 Å². The summed E-state index contributed by atoms with van der Waals surface area (Å²) in [7, 11) is -7.59. The molecule has 22 heteroatoms.